The minimum Gasteiger partial charge on any atom is -0.517 e. The van der Waals surface area contributed by atoms with Gasteiger partial charge in [0.25, 0.3) is 8.32 Å². The zero-order valence-electron chi connectivity index (χ0n) is 12.7. The SMILES string of the molecule is CC(C)[Si](OC(=O)C1CCCN1)(C(C)C)C(C)C. The first-order valence-corrected chi connectivity index (χ1v) is 9.42. The van der Waals surface area contributed by atoms with E-state index in [-0.39, 0.29) is 12.0 Å². The lowest BCUT2D eigenvalue weighted by atomic mass is 10.2. The quantitative estimate of drug-likeness (QED) is 0.778. The molecule has 0 spiro atoms. The Morgan fingerprint density at radius 2 is 1.61 bits per heavy atom. The molecule has 1 unspecified atom stereocenters. The Kier molecular flexibility index (Phi) is 5.41. The van der Waals surface area contributed by atoms with Crippen molar-refractivity contribution in [3.05, 3.63) is 0 Å². The van der Waals surface area contributed by atoms with Crippen LogP contribution in [0.4, 0.5) is 0 Å². The van der Waals surface area contributed by atoms with E-state index in [4.69, 9.17) is 4.43 Å². The zero-order chi connectivity index (χ0) is 13.9. The second-order valence-electron chi connectivity index (χ2n) is 6.39. The summed E-state index contributed by atoms with van der Waals surface area (Å²) in [6.07, 6.45) is 2.01. The number of hydrogen-bond donors (Lipinski definition) is 1. The summed E-state index contributed by atoms with van der Waals surface area (Å²) in [6.45, 7) is 14.2. The third-order valence-electron chi connectivity index (χ3n) is 4.33. The van der Waals surface area contributed by atoms with Crippen LogP contribution in [-0.2, 0) is 9.22 Å². The molecule has 0 aromatic heterocycles. The fraction of sp³-hybridized carbons (Fsp3) is 0.929. The lowest BCUT2D eigenvalue weighted by molar-refractivity contribution is -0.137. The molecule has 4 heteroatoms. The first-order chi connectivity index (χ1) is 8.32. The number of rotatable bonds is 5. The van der Waals surface area contributed by atoms with Crippen LogP contribution < -0.4 is 5.32 Å². The van der Waals surface area contributed by atoms with Gasteiger partial charge in [0.2, 0.25) is 0 Å². The molecule has 1 heterocycles. The van der Waals surface area contributed by atoms with Gasteiger partial charge in [-0.25, -0.2) is 0 Å². The third-order valence-corrected chi connectivity index (χ3v) is 10.3. The van der Waals surface area contributed by atoms with Gasteiger partial charge in [-0.3, -0.25) is 4.79 Å². The molecule has 18 heavy (non-hydrogen) atoms. The number of nitrogens with one attached hydrogen (secondary N) is 1. The van der Waals surface area contributed by atoms with E-state index < -0.39 is 8.32 Å². The van der Waals surface area contributed by atoms with Crippen LogP contribution in [0.5, 0.6) is 0 Å². The summed E-state index contributed by atoms with van der Waals surface area (Å²) < 4.78 is 6.14. The second kappa shape index (κ2) is 6.20. The summed E-state index contributed by atoms with van der Waals surface area (Å²) in [5.74, 6) is -0.00438. The number of carbonyl (C=O) groups is 1. The van der Waals surface area contributed by atoms with Crippen molar-refractivity contribution in [2.45, 2.75) is 77.0 Å². The van der Waals surface area contributed by atoms with Gasteiger partial charge in [0.1, 0.15) is 6.04 Å². The van der Waals surface area contributed by atoms with Crippen LogP contribution in [0.1, 0.15) is 54.4 Å². The smallest absolute Gasteiger partial charge is 0.309 e. The van der Waals surface area contributed by atoms with E-state index in [1.807, 2.05) is 0 Å². The molecule has 0 amide bonds. The topological polar surface area (TPSA) is 38.3 Å². The molecule has 1 aliphatic rings. The maximum Gasteiger partial charge on any atom is 0.309 e. The molecular weight excluding hydrogens is 242 g/mol. The Morgan fingerprint density at radius 3 is 1.94 bits per heavy atom. The van der Waals surface area contributed by atoms with Gasteiger partial charge in [-0.1, -0.05) is 41.5 Å². The van der Waals surface area contributed by atoms with Crippen molar-refractivity contribution in [3.8, 4) is 0 Å². The standard InChI is InChI=1S/C14H29NO2Si/c1-10(2)18(11(3)4,12(5)6)17-14(16)13-8-7-9-15-13/h10-13,15H,7-9H2,1-6H3. The molecule has 106 valence electrons. The van der Waals surface area contributed by atoms with Crippen LogP contribution in [0.3, 0.4) is 0 Å². The molecule has 1 saturated heterocycles. The van der Waals surface area contributed by atoms with Crippen LogP contribution in [0.25, 0.3) is 0 Å². The predicted octanol–water partition coefficient (Wildman–Crippen LogP) is 3.46. The van der Waals surface area contributed by atoms with Crippen LogP contribution in [0.15, 0.2) is 0 Å². The molecule has 0 saturated carbocycles. The summed E-state index contributed by atoms with van der Waals surface area (Å²) in [5.41, 5.74) is 1.38. The van der Waals surface area contributed by atoms with Crippen LogP contribution in [0, 0.1) is 0 Å². The van der Waals surface area contributed by atoms with Crippen molar-refractivity contribution >= 4 is 14.3 Å². The maximum absolute atomic E-state index is 12.3. The Morgan fingerprint density at radius 1 is 1.11 bits per heavy atom. The molecule has 0 aromatic carbocycles. The molecule has 0 radical (unpaired) electrons. The molecule has 1 fully saturated rings. The summed E-state index contributed by atoms with van der Waals surface area (Å²) in [5, 5.41) is 3.24. The second-order valence-corrected chi connectivity index (χ2v) is 11.8. The first-order valence-electron chi connectivity index (χ1n) is 7.28. The zero-order valence-corrected chi connectivity index (χ0v) is 13.7. The molecular formula is C14H29NO2Si. The Labute approximate surface area is 113 Å². The van der Waals surface area contributed by atoms with Gasteiger partial charge in [0, 0.05) is 0 Å². The van der Waals surface area contributed by atoms with Gasteiger partial charge in [0.15, 0.2) is 0 Å². The highest BCUT2D eigenvalue weighted by Gasteiger charge is 2.49. The molecule has 0 aromatic rings. The fourth-order valence-electron chi connectivity index (χ4n) is 3.48. The Balaban J connectivity index is 2.86. The average Bonchev–Trinajstić information content (AvgIpc) is 2.77. The van der Waals surface area contributed by atoms with Crippen molar-refractivity contribution in [3.63, 3.8) is 0 Å². The van der Waals surface area contributed by atoms with E-state index in [9.17, 15) is 4.79 Å². The minimum atomic E-state index is -2.05. The predicted molar refractivity (Wildman–Crippen MR) is 78.2 cm³/mol. The highest BCUT2D eigenvalue weighted by molar-refractivity contribution is 6.79. The van der Waals surface area contributed by atoms with Crippen molar-refractivity contribution in [2.75, 3.05) is 6.54 Å². The van der Waals surface area contributed by atoms with Crippen molar-refractivity contribution in [1.29, 1.82) is 0 Å². The van der Waals surface area contributed by atoms with E-state index in [1.54, 1.807) is 0 Å². The third kappa shape index (κ3) is 2.97. The largest absolute Gasteiger partial charge is 0.517 e. The highest BCUT2D eigenvalue weighted by atomic mass is 28.4. The van der Waals surface area contributed by atoms with Gasteiger partial charge in [-0.2, -0.15) is 0 Å². The number of carbonyl (C=O) groups excluding carboxylic acids is 1. The molecule has 1 aliphatic heterocycles. The first kappa shape index (κ1) is 15.7. The monoisotopic (exact) mass is 271 g/mol. The molecule has 0 bridgehead atoms. The van der Waals surface area contributed by atoms with Gasteiger partial charge >= 0.3 is 5.97 Å². The molecule has 1 N–H and O–H groups in total. The van der Waals surface area contributed by atoms with Crippen molar-refractivity contribution in [1.82, 2.24) is 5.32 Å². The van der Waals surface area contributed by atoms with E-state index in [1.165, 1.54) is 0 Å². The average molecular weight is 271 g/mol. The van der Waals surface area contributed by atoms with E-state index in [0.29, 0.717) is 16.6 Å². The summed E-state index contributed by atoms with van der Waals surface area (Å²) in [7, 11) is -2.05. The Bertz CT molecular complexity index is 262. The minimum absolute atomic E-state index is 0.00438. The lowest BCUT2D eigenvalue weighted by Gasteiger charge is -2.41. The van der Waals surface area contributed by atoms with Gasteiger partial charge in [-0.05, 0) is 36.0 Å². The molecule has 1 atom stereocenters. The summed E-state index contributed by atoms with van der Waals surface area (Å²) in [4.78, 5) is 12.3. The summed E-state index contributed by atoms with van der Waals surface area (Å²) in [6, 6.07) is -0.0619. The molecule has 3 nitrogen and oxygen atoms in total. The Hall–Kier alpha value is -0.353. The fourth-order valence-corrected chi connectivity index (χ4v) is 8.68. The molecule has 1 rings (SSSR count). The van der Waals surface area contributed by atoms with E-state index in [2.05, 4.69) is 46.9 Å². The van der Waals surface area contributed by atoms with E-state index >= 15 is 0 Å². The maximum atomic E-state index is 12.3. The molecule has 0 aliphatic carbocycles. The van der Waals surface area contributed by atoms with E-state index in [0.717, 1.165) is 19.4 Å². The highest BCUT2D eigenvalue weighted by Crippen LogP contribution is 2.42. The summed E-state index contributed by atoms with van der Waals surface area (Å²) >= 11 is 0. The van der Waals surface area contributed by atoms with Gasteiger partial charge in [0.05, 0.1) is 0 Å². The van der Waals surface area contributed by atoms with Gasteiger partial charge in [-0.15, -0.1) is 0 Å². The van der Waals surface area contributed by atoms with Crippen molar-refractivity contribution in [2.24, 2.45) is 0 Å². The van der Waals surface area contributed by atoms with Gasteiger partial charge < -0.3 is 9.74 Å². The van der Waals surface area contributed by atoms with Crippen LogP contribution in [0.2, 0.25) is 16.6 Å². The number of hydrogen-bond acceptors (Lipinski definition) is 3. The van der Waals surface area contributed by atoms with Crippen LogP contribution in [-0.4, -0.2) is 26.9 Å². The normalized spacial score (nSPS) is 21.1. The lowest BCUT2D eigenvalue weighted by Crippen LogP contribution is -2.51. The van der Waals surface area contributed by atoms with Crippen molar-refractivity contribution < 1.29 is 9.22 Å². The van der Waals surface area contributed by atoms with Crippen LogP contribution >= 0.6 is 0 Å².